The molecule has 0 heterocycles. The molecule has 21 heavy (non-hydrogen) atoms. The number of hydrogen-bond donors (Lipinski definition) is 2. The summed E-state index contributed by atoms with van der Waals surface area (Å²) in [5.74, 6) is -0.368. The van der Waals surface area contributed by atoms with Crippen LogP contribution in [0.5, 0.6) is 0 Å². The fourth-order valence-corrected chi connectivity index (χ4v) is 2.25. The zero-order chi connectivity index (χ0) is 15.5. The fourth-order valence-electron chi connectivity index (χ4n) is 1.89. The van der Waals surface area contributed by atoms with Crippen LogP contribution in [0, 0.1) is 11.3 Å². The maximum atomic E-state index is 12.4. The van der Waals surface area contributed by atoms with Crippen molar-refractivity contribution in [2.24, 2.45) is 5.73 Å². The number of carbonyl (C=O) groups excluding carboxylic acids is 1. The van der Waals surface area contributed by atoms with E-state index in [1.54, 1.807) is 37.3 Å². The van der Waals surface area contributed by atoms with E-state index in [4.69, 9.17) is 11.0 Å². The summed E-state index contributed by atoms with van der Waals surface area (Å²) in [5, 5.41) is 11.8. The van der Waals surface area contributed by atoms with Crippen LogP contribution in [-0.2, 0) is 10.3 Å². The van der Waals surface area contributed by atoms with Gasteiger partial charge in [-0.25, -0.2) is 0 Å². The Morgan fingerprint density at radius 3 is 2.57 bits per heavy atom. The molecule has 0 aliphatic heterocycles. The number of benzene rings is 2. The fraction of sp³-hybridized carbons (Fsp3) is 0.125. The van der Waals surface area contributed by atoms with Gasteiger partial charge in [0.25, 0.3) is 0 Å². The van der Waals surface area contributed by atoms with Gasteiger partial charge < -0.3 is 11.1 Å². The van der Waals surface area contributed by atoms with Gasteiger partial charge in [-0.1, -0.05) is 46.3 Å². The first kappa shape index (κ1) is 15.2. The number of nitrogens with zero attached hydrogens (tertiary/aromatic N) is 1. The van der Waals surface area contributed by atoms with E-state index in [0.29, 0.717) is 16.8 Å². The van der Waals surface area contributed by atoms with Gasteiger partial charge in [-0.15, -0.1) is 0 Å². The Bertz CT molecular complexity index is 705. The number of hydrogen-bond acceptors (Lipinski definition) is 3. The van der Waals surface area contributed by atoms with Crippen molar-refractivity contribution in [2.45, 2.75) is 12.5 Å². The minimum absolute atomic E-state index is 0.368. The van der Waals surface area contributed by atoms with Crippen LogP contribution in [0.3, 0.4) is 0 Å². The second-order valence-corrected chi connectivity index (χ2v) is 5.74. The highest BCUT2D eigenvalue weighted by Crippen LogP contribution is 2.24. The van der Waals surface area contributed by atoms with Crippen molar-refractivity contribution < 1.29 is 4.79 Å². The minimum atomic E-state index is -1.18. The lowest BCUT2D eigenvalue weighted by molar-refractivity contribution is -0.120. The zero-order valence-electron chi connectivity index (χ0n) is 11.4. The van der Waals surface area contributed by atoms with Crippen molar-refractivity contribution >= 4 is 27.5 Å². The Morgan fingerprint density at radius 2 is 1.95 bits per heavy atom. The molecule has 2 aromatic rings. The molecular formula is C16H14BrN3O. The number of nitriles is 1. The molecule has 0 bridgehead atoms. The lowest BCUT2D eigenvalue weighted by Gasteiger charge is -2.24. The van der Waals surface area contributed by atoms with Gasteiger partial charge >= 0.3 is 0 Å². The molecule has 3 N–H and O–H groups in total. The summed E-state index contributed by atoms with van der Waals surface area (Å²) in [6.45, 7) is 1.64. The van der Waals surface area contributed by atoms with E-state index in [0.717, 1.165) is 4.47 Å². The Labute approximate surface area is 131 Å². The first-order valence-electron chi connectivity index (χ1n) is 6.30. The summed E-state index contributed by atoms with van der Waals surface area (Å²) in [7, 11) is 0. The van der Waals surface area contributed by atoms with Crippen LogP contribution < -0.4 is 11.1 Å². The molecule has 0 saturated carbocycles. The third-order valence-corrected chi connectivity index (χ3v) is 3.69. The molecule has 0 spiro atoms. The minimum Gasteiger partial charge on any atom is -0.323 e. The molecule has 0 saturated heterocycles. The first-order chi connectivity index (χ1) is 9.95. The molecule has 106 valence electrons. The van der Waals surface area contributed by atoms with Gasteiger partial charge in [-0.3, -0.25) is 4.79 Å². The third kappa shape index (κ3) is 3.30. The van der Waals surface area contributed by atoms with Gasteiger partial charge in [0, 0.05) is 4.47 Å². The summed E-state index contributed by atoms with van der Waals surface area (Å²) < 4.78 is 0.774. The monoisotopic (exact) mass is 343 g/mol. The van der Waals surface area contributed by atoms with Crippen molar-refractivity contribution in [2.75, 3.05) is 5.32 Å². The standard InChI is InChI=1S/C16H14BrN3O/c1-16(19,12-5-3-2-4-6-12)15(21)20-14-8-7-13(17)9-11(14)10-18/h2-9H,19H2,1H3,(H,20,21). The smallest absolute Gasteiger partial charge is 0.248 e. The van der Waals surface area contributed by atoms with Crippen LogP contribution in [0.15, 0.2) is 53.0 Å². The number of nitrogens with one attached hydrogen (secondary N) is 1. The van der Waals surface area contributed by atoms with Crippen LogP contribution in [-0.4, -0.2) is 5.91 Å². The lowest BCUT2D eigenvalue weighted by atomic mass is 9.92. The van der Waals surface area contributed by atoms with E-state index in [9.17, 15) is 4.79 Å². The van der Waals surface area contributed by atoms with E-state index in [1.165, 1.54) is 0 Å². The normalized spacial score (nSPS) is 13.0. The van der Waals surface area contributed by atoms with E-state index < -0.39 is 5.54 Å². The molecule has 1 amide bonds. The second kappa shape index (κ2) is 6.08. The molecular weight excluding hydrogens is 330 g/mol. The molecule has 1 unspecified atom stereocenters. The molecule has 2 rings (SSSR count). The molecule has 2 aromatic carbocycles. The predicted octanol–water partition coefficient (Wildman–Crippen LogP) is 3.13. The summed E-state index contributed by atoms with van der Waals surface area (Å²) in [4.78, 5) is 12.4. The highest BCUT2D eigenvalue weighted by Gasteiger charge is 2.30. The van der Waals surface area contributed by atoms with Crippen molar-refractivity contribution in [1.82, 2.24) is 0 Å². The van der Waals surface area contributed by atoms with Crippen LogP contribution in [0.1, 0.15) is 18.1 Å². The van der Waals surface area contributed by atoms with Gasteiger partial charge in [-0.05, 0) is 30.7 Å². The average Bonchev–Trinajstić information content (AvgIpc) is 2.49. The Morgan fingerprint density at radius 1 is 1.29 bits per heavy atom. The van der Waals surface area contributed by atoms with E-state index in [1.807, 2.05) is 24.3 Å². The van der Waals surface area contributed by atoms with Crippen LogP contribution in [0.2, 0.25) is 0 Å². The molecule has 0 radical (unpaired) electrons. The van der Waals surface area contributed by atoms with Crippen LogP contribution in [0.25, 0.3) is 0 Å². The highest BCUT2D eigenvalue weighted by atomic mass is 79.9. The molecule has 0 fully saturated rings. The number of rotatable bonds is 3. The largest absolute Gasteiger partial charge is 0.323 e. The van der Waals surface area contributed by atoms with Crippen molar-refractivity contribution in [3.05, 3.63) is 64.1 Å². The maximum absolute atomic E-state index is 12.4. The van der Waals surface area contributed by atoms with Crippen LogP contribution in [0.4, 0.5) is 5.69 Å². The Kier molecular flexibility index (Phi) is 4.41. The predicted molar refractivity (Wildman–Crippen MR) is 85.5 cm³/mol. The van der Waals surface area contributed by atoms with Gasteiger partial charge in [0.2, 0.25) is 5.91 Å². The quantitative estimate of drug-likeness (QED) is 0.898. The van der Waals surface area contributed by atoms with Crippen molar-refractivity contribution in [3.63, 3.8) is 0 Å². The molecule has 4 nitrogen and oxygen atoms in total. The molecule has 1 atom stereocenters. The first-order valence-corrected chi connectivity index (χ1v) is 7.10. The summed E-state index contributed by atoms with van der Waals surface area (Å²) >= 11 is 3.29. The van der Waals surface area contributed by atoms with Crippen molar-refractivity contribution in [1.29, 1.82) is 5.26 Å². The summed E-state index contributed by atoms with van der Waals surface area (Å²) in [5.41, 5.74) is 6.49. The van der Waals surface area contributed by atoms with E-state index in [2.05, 4.69) is 21.2 Å². The van der Waals surface area contributed by atoms with Gasteiger partial charge in [0.1, 0.15) is 11.6 Å². The molecule has 0 aliphatic carbocycles. The van der Waals surface area contributed by atoms with Crippen LogP contribution >= 0.6 is 15.9 Å². The SMILES string of the molecule is CC(N)(C(=O)Nc1ccc(Br)cc1C#N)c1ccccc1. The van der Waals surface area contributed by atoms with E-state index >= 15 is 0 Å². The number of amides is 1. The van der Waals surface area contributed by atoms with E-state index in [-0.39, 0.29) is 5.91 Å². The average molecular weight is 344 g/mol. The number of carbonyl (C=O) groups is 1. The Hall–Kier alpha value is -2.16. The number of halogens is 1. The number of nitrogens with two attached hydrogens (primary N) is 1. The molecule has 0 aromatic heterocycles. The number of anilines is 1. The van der Waals surface area contributed by atoms with Gasteiger partial charge in [0.05, 0.1) is 11.3 Å². The molecule has 0 aliphatic rings. The molecule has 5 heteroatoms. The zero-order valence-corrected chi connectivity index (χ0v) is 13.0. The summed E-state index contributed by atoms with van der Waals surface area (Å²) in [6, 6.07) is 16.2. The lowest BCUT2D eigenvalue weighted by Crippen LogP contribution is -2.45. The maximum Gasteiger partial charge on any atom is 0.248 e. The van der Waals surface area contributed by atoms with Crippen molar-refractivity contribution in [3.8, 4) is 6.07 Å². The topological polar surface area (TPSA) is 78.9 Å². The summed E-state index contributed by atoms with van der Waals surface area (Å²) in [6.07, 6.45) is 0. The van der Waals surface area contributed by atoms with Gasteiger partial charge in [-0.2, -0.15) is 5.26 Å². The second-order valence-electron chi connectivity index (χ2n) is 4.82. The highest BCUT2D eigenvalue weighted by molar-refractivity contribution is 9.10. The Balaban J connectivity index is 2.28. The van der Waals surface area contributed by atoms with Gasteiger partial charge in [0.15, 0.2) is 0 Å². The third-order valence-electron chi connectivity index (χ3n) is 3.20.